The van der Waals surface area contributed by atoms with Gasteiger partial charge in [0.1, 0.15) is 5.56 Å². The summed E-state index contributed by atoms with van der Waals surface area (Å²) in [6.45, 7) is 11.5. The van der Waals surface area contributed by atoms with Crippen LogP contribution in [0.25, 0.3) is 0 Å². The molecule has 0 unspecified atom stereocenters. The molecule has 0 aliphatic carbocycles. The van der Waals surface area contributed by atoms with Crippen LogP contribution >= 0.6 is 0 Å². The van der Waals surface area contributed by atoms with Crippen LogP contribution in [0.3, 0.4) is 0 Å². The molecule has 2 heterocycles. The molecule has 0 atom stereocenters. The number of carbonyl (C=O) groups excluding carboxylic acids is 1. The monoisotopic (exact) mass is 409 g/mol. The molecule has 1 aromatic rings. The number of hydrogen-bond donors (Lipinski definition) is 2. The lowest BCUT2D eigenvalue weighted by atomic mass is 9.96. The first kappa shape index (κ1) is 24.4. The second-order valence-corrected chi connectivity index (χ2v) is 7.53. The topological polar surface area (TPSA) is 120 Å². The van der Waals surface area contributed by atoms with Gasteiger partial charge >= 0.3 is 5.97 Å². The van der Waals surface area contributed by atoms with Gasteiger partial charge in [-0.2, -0.15) is 0 Å². The Hall–Kier alpha value is -2.68. The summed E-state index contributed by atoms with van der Waals surface area (Å²) in [6.07, 6.45) is 2.13. The maximum atomic E-state index is 12.7. The summed E-state index contributed by atoms with van der Waals surface area (Å²) in [5.74, 6) is -1.24. The van der Waals surface area contributed by atoms with Crippen molar-refractivity contribution in [1.29, 1.82) is 0 Å². The highest BCUT2D eigenvalue weighted by atomic mass is 16.4. The highest BCUT2D eigenvalue weighted by molar-refractivity contribution is 5.89. The number of hydrogen-bond acceptors (Lipinski definition) is 5. The molecule has 0 saturated carbocycles. The maximum absolute atomic E-state index is 12.7. The van der Waals surface area contributed by atoms with Crippen LogP contribution in [0.5, 0.6) is 0 Å². The van der Waals surface area contributed by atoms with Gasteiger partial charge in [0.05, 0.1) is 0 Å². The zero-order chi connectivity index (χ0) is 22.3. The molecule has 0 spiro atoms. The molecule has 0 saturated heterocycles. The van der Waals surface area contributed by atoms with Gasteiger partial charge < -0.3 is 19.7 Å². The van der Waals surface area contributed by atoms with Gasteiger partial charge in [-0.05, 0) is 45.2 Å². The Morgan fingerprint density at radius 1 is 1.24 bits per heavy atom. The number of rotatable bonds is 6. The lowest BCUT2D eigenvalue weighted by molar-refractivity contribution is -0.129. The van der Waals surface area contributed by atoms with E-state index in [9.17, 15) is 19.5 Å². The van der Waals surface area contributed by atoms with Crippen molar-refractivity contribution in [3.05, 3.63) is 33.2 Å². The Labute approximate surface area is 170 Å². The first-order valence-electron chi connectivity index (χ1n) is 9.62. The lowest BCUT2D eigenvalue weighted by Gasteiger charge is -2.32. The Morgan fingerprint density at radius 3 is 2.24 bits per heavy atom. The lowest BCUT2D eigenvalue weighted by Crippen LogP contribution is -2.42. The van der Waals surface area contributed by atoms with E-state index in [4.69, 9.17) is 9.90 Å². The average molecular weight is 409 g/mol. The third kappa shape index (κ3) is 6.15. The molecular weight excluding hydrogens is 378 g/mol. The Balaban J connectivity index is 0.00000132. The third-order valence-electron chi connectivity index (χ3n) is 5.05. The number of aromatic nitrogens is 1. The molecule has 9 nitrogen and oxygen atoms in total. The number of amides is 1. The summed E-state index contributed by atoms with van der Waals surface area (Å²) in [5.41, 5.74) is 0.719. The van der Waals surface area contributed by atoms with Gasteiger partial charge in [-0.25, -0.2) is 4.79 Å². The van der Waals surface area contributed by atoms with Crippen molar-refractivity contribution in [2.24, 2.45) is 0 Å². The molecule has 0 fully saturated rings. The summed E-state index contributed by atoms with van der Waals surface area (Å²) in [7, 11) is 0. The fourth-order valence-electron chi connectivity index (χ4n) is 3.70. The van der Waals surface area contributed by atoms with E-state index >= 15 is 0 Å². The van der Waals surface area contributed by atoms with Crippen LogP contribution in [-0.4, -0.2) is 68.1 Å². The molecule has 0 aromatic carbocycles. The van der Waals surface area contributed by atoms with Crippen LogP contribution in [0.1, 0.15) is 56.1 Å². The number of pyridine rings is 1. The third-order valence-corrected chi connectivity index (χ3v) is 5.05. The van der Waals surface area contributed by atoms with Gasteiger partial charge in [0.2, 0.25) is 5.91 Å². The first-order chi connectivity index (χ1) is 13.5. The highest BCUT2D eigenvalue weighted by Gasteiger charge is 2.27. The van der Waals surface area contributed by atoms with Crippen molar-refractivity contribution in [2.45, 2.75) is 66.2 Å². The quantitative estimate of drug-likeness (QED) is 0.679. The Kier molecular flexibility index (Phi) is 9.03. The standard InChI is InChI=1S/C19H29N3O4.CH2O2/c1-12(2)22(13(3)4)9-8-21-11-15-10-20(14(5)23)7-6-16(15)17(18(21)24)19(25)26;2-1-3/h11-13H,6-10H2,1-5H3,(H,25,26);1H,(H,2,3). The summed E-state index contributed by atoms with van der Waals surface area (Å²) >= 11 is 0. The van der Waals surface area contributed by atoms with E-state index in [1.165, 1.54) is 11.5 Å². The largest absolute Gasteiger partial charge is 0.483 e. The molecule has 2 rings (SSSR count). The van der Waals surface area contributed by atoms with Crippen molar-refractivity contribution in [3.8, 4) is 0 Å². The second-order valence-electron chi connectivity index (χ2n) is 7.53. The van der Waals surface area contributed by atoms with Crippen molar-refractivity contribution in [2.75, 3.05) is 13.1 Å². The molecule has 0 bridgehead atoms. The highest BCUT2D eigenvalue weighted by Crippen LogP contribution is 2.21. The minimum absolute atomic E-state index is 0.0453. The number of carboxylic acid groups (broad SMARTS) is 2. The van der Waals surface area contributed by atoms with Gasteiger partial charge in [-0.3, -0.25) is 19.3 Å². The summed E-state index contributed by atoms with van der Waals surface area (Å²) < 4.78 is 1.49. The molecule has 1 aromatic heterocycles. The molecule has 1 aliphatic heterocycles. The fraction of sp³-hybridized carbons (Fsp3) is 0.600. The Bertz CT molecular complexity index is 792. The number of nitrogens with zero attached hydrogens (tertiary/aromatic N) is 3. The number of aromatic carboxylic acids is 1. The van der Waals surface area contributed by atoms with Gasteiger partial charge in [-0.15, -0.1) is 0 Å². The predicted molar refractivity (Wildman–Crippen MR) is 108 cm³/mol. The minimum Gasteiger partial charge on any atom is -0.483 e. The van der Waals surface area contributed by atoms with Crippen molar-refractivity contribution in [3.63, 3.8) is 0 Å². The van der Waals surface area contributed by atoms with E-state index in [1.54, 1.807) is 11.1 Å². The Morgan fingerprint density at radius 2 is 1.79 bits per heavy atom. The van der Waals surface area contributed by atoms with Gasteiger partial charge in [0, 0.05) is 51.4 Å². The van der Waals surface area contributed by atoms with Crippen LogP contribution in [0.4, 0.5) is 0 Å². The molecule has 1 amide bonds. The van der Waals surface area contributed by atoms with E-state index in [1.807, 2.05) is 0 Å². The van der Waals surface area contributed by atoms with Gasteiger partial charge in [-0.1, -0.05) is 0 Å². The maximum Gasteiger partial charge on any atom is 0.341 e. The SMILES string of the molecule is CC(=O)N1CCc2c(cn(CCN(C(C)C)C(C)C)c(=O)c2C(=O)O)C1.O=CO. The predicted octanol–water partition coefficient (Wildman–Crippen LogP) is 1.27. The van der Waals surface area contributed by atoms with E-state index in [-0.39, 0.29) is 17.9 Å². The fourth-order valence-corrected chi connectivity index (χ4v) is 3.70. The molecular formula is C20H31N3O6. The second kappa shape index (κ2) is 10.8. The number of carboxylic acids is 1. The zero-order valence-corrected chi connectivity index (χ0v) is 17.7. The van der Waals surface area contributed by atoms with Crippen LogP contribution < -0.4 is 5.56 Å². The smallest absolute Gasteiger partial charge is 0.341 e. The van der Waals surface area contributed by atoms with Crippen molar-refractivity contribution >= 4 is 18.3 Å². The minimum atomic E-state index is -1.19. The van der Waals surface area contributed by atoms with Crippen LogP contribution in [0, 0.1) is 0 Å². The van der Waals surface area contributed by atoms with Crippen LogP contribution in [-0.2, 0) is 29.1 Å². The molecule has 2 N–H and O–H groups in total. The van der Waals surface area contributed by atoms with E-state index in [0.717, 1.165) is 5.56 Å². The number of carbonyl (C=O) groups is 3. The van der Waals surface area contributed by atoms with Gasteiger partial charge in [0.15, 0.2) is 0 Å². The summed E-state index contributed by atoms with van der Waals surface area (Å²) in [6, 6.07) is 0.658. The van der Waals surface area contributed by atoms with Crippen molar-refractivity contribution in [1.82, 2.24) is 14.4 Å². The van der Waals surface area contributed by atoms with E-state index < -0.39 is 11.5 Å². The molecule has 29 heavy (non-hydrogen) atoms. The first-order valence-corrected chi connectivity index (χ1v) is 9.62. The average Bonchev–Trinajstić information content (AvgIpc) is 2.61. The summed E-state index contributed by atoms with van der Waals surface area (Å²) in [5, 5.41) is 16.5. The molecule has 162 valence electrons. The number of fused-ring (bicyclic) bond motifs is 1. The molecule has 0 radical (unpaired) electrons. The summed E-state index contributed by atoms with van der Waals surface area (Å²) in [4.78, 5) is 48.4. The zero-order valence-electron chi connectivity index (χ0n) is 17.7. The van der Waals surface area contributed by atoms with Crippen molar-refractivity contribution < 1.29 is 24.6 Å². The van der Waals surface area contributed by atoms with E-state index in [2.05, 4.69) is 32.6 Å². The van der Waals surface area contributed by atoms with E-state index in [0.29, 0.717) is 50.2 Å². The van der Waals surface area contributed by atoms with Gasteiger partial charge in [0.25, 0.3) is 12.0 Å². The molecule has 9 heteroatoms. The van der Waals surface area contributed by atoms with Crippen LogP contribution in [0.2, 0.25) is 0 Å². The van der Waals surface area contributed by atoms with Crippen LogP contribution in [0.15, 0.2) is 11.0 Å². The molecule has 1 aliphatic rings. The normalized spacial score (nSPS) is 13.2.